The lowest BCUT2D eigenvalue weighted by Gasteiger charge is -2.24. The summed E-state index contributed by atoms with van der Waals surface area (Å²) >= 11 is 0. The molecule has 5 heteroatoms. The molecule has 0 radical (unpaired) electrons. The summed E-state index contributed by atoms with van der Waals surface area (Å²) in [7, 11) is 0. The van der Waals surface area contributed by atoms with E-state index in [4.69, 9.17) is 0 Å². The smallest absolute Gasteiger partial charge is 0.0992 e. The van der Waals surface area contributed by atoms with Crippen LogP contribution < -0.4 is 0 Å². The molecule has 0 fully saturated rings. The number of nitrogens with zero attached hydrogens (tertiary/aromatic N) is 5. The van der Waals surface area contributed by atoms with Crippen LogP contribution in [-0.2, 0) is 10.8 Å². The van der Waals surface area contributed by atoms with Gasteiger partial charge in [-0.3, -0.25) is 0 Å². The molecule has 3 aromatic heterocycles. The average Bonchev–Trinajstić information content (AvgIpc) is 3.93. The Balaban J connectivity index is 1.42. The van der Waals surface area contributed by atoms with E-state index in [1.165, 1.54) is 21.9 Å². The fourth-order valence-electron chi connectivity index (χ4n) is 9.83. The first-order chi connectivity index (χ1) is 30.4. The first-order valence-electron chi connectivity index (χ1n) is 21.6. The Labute approximate surface area is 366 Å². The molecule has 0 saturated carbocycles. The first kappa shape index (κ1) is 38.1. The van der Waals surface area contributed by atoms with E-state index in [-0.39, 0.29) is 10.8 Å². The van der Waals surface area contributed by atoms with Crippen molar-refractivity contribution >= 4 is 65.4 Å². The summed E-state index contributed by atoms with van der Waals surface area (Å²) in [4.78, 5) is 0. The molecule has 0 aliphatic carbocycles. The molecule has 0 N–H and O–H groups in total. The van der Waals surface area contributed by atoms with E-state index >= 15 is 0 Å². The summed E-state index contributed by atoms with van der Waals surface area (Å²) in [5.41, 5.74) is 14.5. The molecule has 302 valence electrons. The number of nitriles is 2. The standard InChI is InChI=1S/C58H45N5/c1-57(2,3)40-23-25-52-46(32-40)47-33-41(58(4,5)6)24-26-53(47)63(52)56-54(61-48-19-11-7-15-42(48)43-16-8-12-20-49(43)61)30-39(38-28-36(34-59)27-37(29-38)35-60)31-55(56)62-50-21-13-9-17-44(50)45-18-10-14-22-51(45)62/h7-33H,1-6H3. The van der Waals surface area contributed by atoms with Crippen LogP contribution in [0.3, 0.4) is 0 Å². The minimum absolute atomic E-state index is 0.0611. The third-order valence-corrected chi connectivity index (χ3v) is 13.0. The molecule has 0 spiro atoms. The topological polar surface area (TPSA) is 62.4 Å². The van der Waals surface area contributed by atoms with Gasteiger partial charge in [0.25, 0.3) is 0 Å². The minimum Gasteiger partial charge on any atom is -0.307 e. The maximum atomic E-state index is 10.3. The monoisotopic (exact) mass is 811 g/mol. The van der Waals surface area contributed by atoms with Gasteiger partial charge in [0.2, 0.25) is 0 Å². The van der Waals surface area contributed by atoms with Crippen molar-refractivity contribution in [1.29, 1.82) is 10.5 Å². The number of fused-ring (bicyclic) bond motifs is 9. The average molecular weight is 812 g/mol. The van der Waals surface area contributed by atoms with Crippen LogP contribution in [0.15, 0.2) is 164 Å². The molecule has 0 bridgehead atoms. The highest BCUT2D eigenvalue weighted by atomic mass is 15.1. The van der Waals surface area contributed by atoms with Gasteiger partial charge in [-0.15, -0.1) is 0 Å². The zero-order valence-corrected chi connectivity index (χ0v) is 36.3. The highest BCUT2D eigenvalue weighted by Crippen LogP contribution is 2.46. The summed E-state index contributed by atoms with van der Waals surface area (Å²) in [5.74, 6) is 0. The molecule has 0 unspecified atom stereocenters. The number of hydrogen-bond donors (Lipinski definition) is 0. The van der Waals surface area contributed by atoms with E-state index in [2.05, 4.69) is 213 Å². The maximum absolute atomic E-state index is 10.3. The number of para-hydroxylation sites is 4. The Bertz CT molecular complexity index is 3440. The zero-order valence-electron chi connectivity index (χ0n) is 36.3. The van der Waals surface area contributed by atoms with Gasteiger partial charge in [0.05, 0.1) is 73.4 Å². The van der Waals surface area contributed by atoms with Gasteiger partial charge >= 0.3 is 0 Å². The second-order valence-electron chi connectivity index (χ2n) is 18.9. The van der Waals surface area contributed by atoms with Crippen LogP contribution in [0, 0.1) is 22.7 Å². The van der Waals surface area contributed by atoms with Gasteiger partial charge in [0.15, 0.2) is 0 Å². The quantitative estimate of drug-likeness (QED) is 0.178. The van der Waals surface area contributed by atoms with Crippen molar-refractivity contribution in [2.45, 2.75) is 52.4 Å². The van der Waals surface area contributed by atoms with Crippen LogP contribution in [0.25, 0.3) is 93.6 Å². The second-order valence-corrected chi connectivity index (χ2v) is 18.9. The van der Waals surface area contributed by atoms with E-state index in [9.17, 15) is 10.5 Å². The molecule has 0 saturated heterocycles. The van der Waals surface area contributed by atoms with Crippen molar-refractivity contribution in [2.24, 2.45) is 0 Å². The Morgan fingerprint density at radius 3 is 1.03 bits per heavy atom. The molecule has 0 atom stereocenters. The van der Waals surface area contributed by atoms with Crippen LogP contribution in [-0.4, -0.2) is 13.7 Å². The second kappa shape index (κ2) is 13.8. The van der Waals surface area contributed by atoms with Gasteiger partial charge in [0, 0.05) is 32.3 Å². The van der Waals surface area contributed by atoms with Crippen molar-refractivity contribution < 1.29 is 0 Å². The van der Waals surface area contributed by atoms with Gasteiger partial charge in [-0.1, -0.05) is 126 Å². The highest BCUT2D eigenvalue weighted by molar-refractivity contribution is 6.14. The molecular formula is C58H45N5. The van der Waals surface area contributed by atoms with Crippen LogP contribution in [0.1, 0.15) is 63.8 Å². The third-order valence-electron chi connectivity index (χ3n) is 13.0. The first-order valence-corrected chi connectivity index (χ1v) is 21.6. The number of benzene rings is 8. The van der Waals surface area contributed by atoms with Crippen molar-refractivity contribution in [3.63, 3.8) is 0 Å². The van der Waals surface area contributed by atoms with Gasteiger partial charge < -0.3 is 13.7 Å². The molecule has 3 heterocycles. The van der Waals surface area contributed by atoms with Crippen molar-refractivity contribution in [3.8, 4) is 40.3 Å². The maximum Gasteiger partial charge on any atom is 0.0992 e. The fraction of sp³-hybridized carbons (Fsp3) is 0.138. The molecule has 0 amide bonds. The van der Waals surface area contributed by atoms with Gasteiger partial charge in [-0.2, -0.15) is 10.5 Å². The number of rotatable bonds is 4. The molecule has 8 aromatic carbocycles. The lowest BCUT2D eigenvalue weighted by Crippen LogP contribution is -2.11. The lowest BCUT2D eigenvalue weighted by atomic mass is 9.85. The van der Waals surface area contributed by atoms with Crippen LogP contribution in [0.2, 0.25) is 0 Å². The summed E-state index contributed by atoms with van der Waals surface area (Å²) in [5, 5.41) is 27.5. The lowest BCUT2D eigenvalue weighted by molar-refractivity contribution is 0.590. The van der Waals surface area contributed by atoms with Crippen LogP contribution in [0.4, 0.5) is 0 Å². The number of hydrogen-bond acceptors (Lipinski definition) is 2. The summed E-state index contributed by atoms with van der Waals surface area (Å²) in [6.45, 7) is 13.7. The molecule has 0 aliphatic heterocycles. The molecule has 5 nitrogen and oxygen atoms in total. The van der Waals surface area contributed by atoms with E-state index in [0.717, 1.165) is 82.8 Å². The van der Waals surface area contributed by atoms with E-state index < -0.39 is 0 Å². The highest BCUT2D eigenvalue weighted by Gasteiger charge is 2.28. The van der Waals surface area contributed by atoms with Gasteiger partial charge in [0.1, 0.15) is 0 Å². The minimum atomic E-state index is -0.0611. The van der Waals surface area contributed by atoms with E-state index in [0.29, 0.717) is 11.1 Å². The molecular weight excluding hydrogens is 767 g/mol. The third kappa shape index (κ3) is 5.89. The molecule has 11 aromatic rings. The van der Waals surface area contributed by atoms with E-state index in [1.807, 2.05) is 12.1 Å². The Hall–Kier alpha value is -7.86. The SMILES string of the molecule is CC(C)(C)c1ccc2c(c1)c1cc(C(C)(C)C)ccc1n2-c1c(-n2c3ccccc3c3ccccc32)cc(-c2cc(C#N)cc(C#N)c2)cc1-n1c2ccccc2c2ccccc21. The Morgan fingerprint density at radius 1 is 0.349 bits per heavy atom. The Kier molecular flexibility index (Phi) is 8.36. The molecule has 0 aliphatic rings. The fourth-order valence-corrected chi connectivity index (χ4v) is 9.83. The predicted molar refractivity (Wildman–Crippen MR) is 262 cm³/mol. The van der Waals surface area contributed by atoms with Crippen LogP contribution in [0.5, 0.6) is 0 Å². The predicted octanol–water partition coefficient (Wildman–Crippen LogP) is 15.0. The van der Waals surface area contributed by atoms with Crippen LogP contribution >= 0.6 is 0 Å². The number of aromatic nitrogens is 3. The summed E-state index contributed by atoms with van der Waals surface area (Å²) < 4.78 is 7.34. The largest absolute Gasteiger partial charge is 0.307 e. The normalized spacial score (nSPS) is 12.3. The summed E-state index contributed by atoms with van der Waals surface area (Å²) in [6, 6.07) is 63.4. The van der Waals surface area contributed by atoms with Crippen molar-refractivity contribution in [3.05, 3.63) is 186 Å². The summed E-state index contributed by atoms with van der Waals surface area (Å²) in [6.07, 6.45) is 0. The molecule has 11 rings (SSSR count). The van der Waals surface area contributed by atoms with Gasteiger partial charge in [-0.05, 0) is 112 Å². The molecule has 63 heavy (non-hydrogen) atoms. The van der Waals surface area contributed by atoms with E-state index in [1.54, 1.807) is 6.07 Å². The van der Waals surface area contributed by atoms with Crippen molar-refractivity contribution in [1.82, 2.24) is 13.7 Å². The zero-order chi connectivity index (χ0) is 43.4. The van der Waals surface area contributed by atoms with Gasteiger partial charge in [-0.25, -0.2) is 0 Å². The Morgan fingerprint density at radius 2 is 0.683 bits per heavy atom. The van der Waals surface area contributed by atoms with Crippen molar-refractivity contribution in [2.75, 3.05) is 0 Å².